The zero-order valence-corrected chi connectivity index (χ0v) is 13.3. The maximum atomic E-state index is 6.20. The van der Waals surface area contributed by atoms with Crippen LogP contribution in [0.25, 0.3) is 0 Å². The third-order valence-electron chi connectivity index (χ3n) is 3.32. The first kappa shape index (κ1) is 14.6. The minimum absolute atomic E-state index is 0.271. The zero-order valence-electron chi connectivity index (χ0n) is 10.2. The Labute approximate surface area is 127 Å². The Morgan fingerprint density at radius 1 is 1.33 bits per heavy atom. The van der Waals surface area contributed by atoms with Crippen molar-refractivity contribution < 1.29 is 4.74 Å². The summed E-state index contributed by atoms with van der Waals surface area (Å²) < 4.78 is 5.74. The number of benzene rings is 1. The molecule has 0 saturated carbocycles. The minimum atomic E-state index is 0.271. The molecular formula is C14H17BrCl2O. The fraction of sp³-hybridized carbons (Fsp3) is 0.571. The van der Waals surface area contributed by atoms with Gasteiger partial charge in [0, 0.05) is 21.5 Å². The van der Waals surface area contributed by atoms with Gasteiger partial charge in [-0.1, -0.05) is 45.2 Å². The molecule has 1 heterocycles. The Balaban J connectivity index is 1.88. The van der Waals surface area contributed by atoms with Crippen LogP contribution in [0.1, 0.15) is 42.5 Å². The van der Waals surface area contributed by atoms with E-state index in [9.17, 15) is 0 Å². The molecule has 100 valence electrons. The zero-order chi connectivity index (χ0) is 13.0. The van der Waals surface area contributed by atoms with Gasteiger partial charge in [0.2, 0.25) is 0 Å². The van der Waals surface area contributed by atoms with Crippen LogP contribution in [0, 0.1) is 0 Å². The van der Waals surface area contributed by atoms with Crippen molar-refractivity contribution in [3.05, 3.63) is 33.8 Å². The Morgan fingerprint density at radius 2 is 2.17 bits per heavy atom. The van der Waals surface area contributed by atoms with Crippen LogP contribution in [0.5, 0.6) is 0 Å². The summed E-state index contributed by atoms with van der Waals surface area (Å²) in [4.78, 5) is 0.271. The Morgan fingerprint density at radius 3 is 2.83 bits per heavy atom. The summed E-state index contributed by atoms with van der Waals surface area (Å²) in [6.07, 6.45) is 6.22. The van der Waals surface area contributed by atoms with Gasteiger partial charge in [0.05, 0.1) is 6.10 Å². The van der Waals surface area contributed by atoms with Crippen molar-refractivity contribution in [1.29, 1.82) is 0 Å². The lowest BCUT2D eigenvalue weighted by Crippen LogP contribution is -2.19. The van der Waals surface area contributed by atoms with E-state index < -0.39 is 0 Å². The monoisotopic (exact) mass is 350 g/mol. The molecule has 1 saturated heterocycles. The van der Waals surface area contributed by atoms with Crippen molar-refractivity contribution in [2.75, 3.05) is 6.61 Å². The first-order chi connectivity index (χ1) is 8.66. The maximum absolute atomic E-state index is 6.20. The Hall–Kier alpha value is 0.240. The molecule has 0 spiro atoms. The van der Waals surface area contributed by atoms with Crippen molar-refractivity contribution in [1.82, 2.24) is 0 Å². The van der Waals surface area contributed by atoms with E-state index in [1.165, 1.54) is 19.3 Å². The van der Waals surface area contributed by atoms with E-state index in [0.717, 1.165) is 30.0 Å². The predicted molar refractivity (Wildman–Crippen MR) is 81.0 cm³/mol. The average Bonchev–Trinajstić information content (AvgIpc) is 2.37. The molecule has 0 radical (unpaired) electrons. The van der Waals surface area contributed by atoms with E-state index in [1.807, 2.05) is 12.1 Å². The largest absolute Gasteiger partial charge is 0.378 e. The molecular weight excluding hydrogens is 335 g/mol. The van der Waals surface area contributed by atoms with Gasteiger partial charge in [0.1, 0.15) is 0 Å². The second kappa shape index (κ2) is 7.14. The van der Waals surface area contributed by atoms with Crippen LogP contribution >= 0.6 is 39.1 Å². The van der Waals surface area contributed by atoms with Gasteiger partial charge in [0.15, 0.2) is 0 Å². The summed E-state index contributed by atoms with van der Waals surface area (Å²) in [6, 6.07) is 5.67. The fourth-order valence-corrected chi connectivity index (χ4v) is 3.61. The molecule has 1 nitrogen and oxygen atoms in total. The van der Waals surface area contributed by atoms with Crippen molar-refractivity contribution in [3.63, 3.8) is 0 Å². The molecule has 0 bridgehead atoms. The van der Waals surface area contributed by atoms with Crippen LogP contribution in [-0.4, -0.2) is 12.7 Å². The standard InChI is InChI=1S/C14H17BrCl2O/c15-13(7-5-11-3-1-2-8-18-11)12-6-4-10(16)9-14(12)17/h4,6,9,11,13H,1-3,5,7-8H2. The van der Waals surface area contributed by atoms with Crippen molar-refractivity contribution >= 4 is 39.1 Å². The number of hydrogen-bond donors (Lipinski definition) is 0. The smallest absolute Gasteiger partial charge is 0.0575 e. The van der Waals surface area contributed by atoms with E-state index >= 15 is 0 Å². The van der Waals surface area contributed by atoms with Gasteiger partial charge in [-0.25, -0.2) is 0 Å². The summed E-state index contributed by atoms with van der Waals surface area (Å²) in [6.45, 7) is 0.916. The number of halogens is 3. The van der Waals surface area contributed by atoms with Gasteiger partial charge in [-0.2, -0.15) is 0 Å². The van der Waals surface area contributed by atoms with Crippen LogP contribution in [-0.2, 0) is 4.74 Å². The maximum Gasteiger partial charge on any atom is 0.0575 e. The molecule has 2 atom stereocenters. The fourth-order valence-electron chi connectivity index (χ4n) is 2.28. The van der Waals surface area contributed by atoms with Gasteiger partial charge >= 0.3 is 0 Å². The summed E-state index contributed by atoms with van der Waals surface area (Å²) >= 11 is 15.8. The first-order valence-corrected chi connectivity index (χ1v) is 8.04. The van der Waals surface area contributed by atoms with Gasteiger partial charge in [-0.3, -0.25) is 0 Å². The SMILES string of the molecule is Clc1ccc(C(Br)CCC2CCCCO2)c(Cl)c1. The van der Waals surface area contributed by atoms with Crippen molar-refractivity contribution in [2.24, 2.45) is 0 Å². The molecule has 0 amide bonds. The molecule has 1 fully saturated rings. The summed E-state index contributed by atoms with van der Waals surface area (Å²) in [5, 5.41) is 1.41. The summed E-state index contributed by atoms with van der Waals surface area (Å²) in [5.74, 6) is 0. The molecule has 1 aromatic rings. The topological polar surface area (TPSA) is 9.23 Å². The molecule has 1 aliphatic rings. The van der Waals surface area contributed by atoms with Crippen LogP contribution < -0.4 is 0 Å². The highest BCUT2D eigenvalue weighted by Gasteiger charge is 2.17. The van der Waals surface area contributed by atoms with Crippen molar-refractivity contribution in [2.45, 2.75) is 43.0 Å². The number of alkyl halides is 1. The molecule has 0 N–H and O–H groups in total. The Bertz CT molecular complexity index is 391. The molecule has 1 aromatic carbocycles. The lowest BCUT2D eigenvalue weighted by molar-refractivity contribution is 0.0102. The first-order valence-electron chi connectivity index (χ1n) is 6.37. The number of hydrogen-bond acceptors (Lipinski definition) is 1. The second-order valence-electron chi connectivity index (χ2n) is 4.70. The molecule has 2 unspecified atom stereocenters. The lowest BCUT2D eigenvalue weighted by atomic mass is 10.0. The van der Waals surface area contributed by atoms with E-state index in [4.69, 9.17) is 27.9 Å². The quantitative estimate of drug-likeness (QED) is 0.625. The third-order valence-corrected chi connectivity index (χ3v) is 4.83. The normalized spacial score (nSPS) is 21.8. The summed E-state index contributed by atoms with van der Waals surface area (Å²) in [7, 11) is 0. The van der Waals surface area contributed by atoms with E-state index in [2.05, 4.69) is 15.9 Å². The van der Waals surface area contributed by atoms with Gasteiger partial charge < -0.3 is 4.74 Å². The highest BCUT2D eigenvalue weighted by molar-refractivity contribution is 9.09. The predicted octanol–water partition coefficient (Wildman–Crippen LogP) is 5.78. The number of ether oxygens (including phenoxy) is 1. The Kier molecular flexibility index (Phi) is 5.81. The van der Waals surface area contributed by atoms with Crippen LogP contribution in [0.4, 0.5) is 0 Å². The van der Waals surface area contributed by atoms with Gasteiger partial charge in [-0.15, -0.1) is 0 Å². The van der Waals surface area contributed by atoms with Gasteiger partial charge in [0.25, 0.3) is 0 Å². The van der Waals surface area contributed by atoms with Crippen LogP contribution in [0.15, 0.2) is 18.2 Å². The summed E-state index contributed by atoms with van der Waals surface area (Å²) in [5.41, 5.74) is 1.11. The highest BCUT2D eigenvalue weighted by atomic mass is 79.9. The molecule has 2 rings (SSSR count). The average molecular weight is 352 g/mol. The second-order valence-corrected chi connectivity index (χ2v) is 6.65. The molecule has 0 aromatic heterocycles. The molecule has 4 heteroatoms. The van der Waals surface area contributed by atoms with Crippen LogP contribution in [0.2, 0.25) is 10.0 Å². The number of rotatable bonds is 4. The van der Waals surface area contributed by atoms with Crippen LogP contribution in [0.3, 0.4) is 0 Å². The third kappa shape index (κ3) is 4.12. The van der Waals surface area contributed by atoms with E-state index in [-0.39, 0.29) is 4.83 Å². The highest BCUT2D eigenvalue weighted by Crippen LogP contribution is 2.35. The minimum Gasteiger partial charge on any atom is -0.378 e. The molecule has 18 heavy (non-hydrogen) atoms. The van der Waals surface area contributed by atoms with E-state index in [1.54, 1.807) is 6.07 Å². The molecule has 1 aliphatic heterocycles. The van der Waals surface area contributed by atoms with E-state index in [0.29, 0.717) is 11.1 Å². The van der Waals surface area contributed by atoms with Crippen molar-refractivity contribution in [3.8, 4) is 0 Å². The lowest BCUT2D eigenvalue weighted by Gasteiger charge is -2.23. The molecule has 0 aliphatic carbocycles. The van der Waals surface area contributed by atoms with Gasteiger partial charge in [-0.05, 0) is 49.8 Å².